The number of aliphatic carboxylic acids is 1. The van der Waals surface area contributed by atoms with Crippen LogP contribution in [-0.4, -0.2) is 28.6 Å². The number of rotatable bonds is 5. The van der Waals surface area contributed by atoms with Crippen LogP contribution in [0.4, 0.5) is 11.4 Å². The molecule has 0 spiro atoms. The van der Waals surface area contributed by atoms with Crippen LogP contribution in [0.15, 0.2) is 18.2 Å². The highest BCUT2D eigenvalue weighted by molar-refractivity contribution is 5.74. The zero-order valence-electron chi connectivity index (χ0n) is 11.4. The van der Waals surface area contributed by atoms with Gasteiger partial charge in [0.1, 0.15) is 6.54 Å². The van der Waals surface area contributed by atoms with Crippen LogP contribution in [0.25, 0.3) is 0 Å². The molecule has 108 valence electrons. The zero-order valence-corrected chi connectivity index (χ0v) is 11.4. The first-order valence-electron chi connectivity index (χ1n) is 6.72. The van der Waals surface area contributed by atoms with Crippen molar-refractivity contribution in [1.29, 1.82) is 0 Å². The highest BCUT2D eigenvalue weighted by Crippen LogP contribution is 2.30. The summed E-state index contributed by atoms with van der Waals surface area (Å²) in [6, 6.07) is 5.02. The Morgan fingerprint density at radius 3 is 2.60 bits per heavy atom. The molecule has 0 amide bonds. The molecular formula is C14H18N2O4. The van der Waals surface area contributed by atoms with Crippen LogP contribution < -0.4 is 4.90 Å². The van der Waals surface area contributed by atoms with Crippen LogP contribution in [-0.2, 0) is 4.79 Å². The van der Waals surface area contributed by atoms with E-state index in [0.717, 1.165) is 31.4 Å². The van der Waals surface area contributed by atoms with Gasteiger partial charge in [-0.2, -0.15) is 0 Å². The van der Waals surface area contributed by atoms with E-state index in [1.54, 1.807) is 19.1 Å². The van der Waals surface area contributed by atoms with Gasteiger partial charge in [0.2, 0.25) is 0 Å². The SMILES string of the molecule is Cc1cc(N(CC(=O)O)C2CCCC2)ccc1[N+](=O)[O-]. The van der Waals surface area contributed by atoms with E-state index in [1.807, 2.05) is 4.90 Å². The van der Waals surface area contributed by atoms with Crippen molar-refractivity contribution < 1.29 is 14.8 Å². The second-order valence-electron chi connectivity index (χ2n) is 5.19. The summed E-state index contributed by atoms with van der Waals surface area (Å²) in [6.07, 6.45) is 4.16. The summed E-state index contributed by atoms with van der Waals surface area (Å²) in [5, 5.41) is 19.9. The molecule has 20 heavy (non-hydrogen) atoms. The van der Waals surface area contributed by atoms with Gasteiger partial charge in [-0.1, -0.05) is 12.8 Å². The normalized spacial score (nSPS) is 15.2. The number of benzene rings is 1. The van der Waals surface area contributed by atoms with E-state index in [9.17, 15) is 14.9 Å². The van der Waals surface area contributed by atoms with Crippen LogP contribution >= 0.6 is 0 Å². The largest absolute Gasteiger partial charge is 0.480 e. The van der Waals surface area contributed by atoms with Gasteiger partial charge < -0.3 is 10.0 Å². The van der Waals surface area contributed by atoms with Crippen LogP contribution in [0, 0.1) is 17.0 Å². The maximum Gasteiger partial charge on any atom is 0.323 e. The average molecular weight is 278 g/mol. The maximum absolute atomic E-state index is 11.0. The van der Waals surface area contributed by atoms with Crippen LogP contribution in [0.3, 0.4) is 0 Å². The molecule has 0 unspecified atom stereocenters. The minimum atomic E-state index is -0.882. The van der Waals surface area contributed by atoms with E-state index in [4.69, 9.17) is 5.11 Å². The molecule has 0 aromatic heterocycles. The number of aryl methyl sites for hydroxylation is 1. The van der Waals surface area contributed by atoms with Crippen molar-refractivity contribution in [2.75, 3.05) is 11.4 Å². The third-order valence-electron chi connectivity index (χ3n) is 3.78. The van der Waals surface area contributed by atoms with Crippen molar-refractivity contribution in [3.63, 3.8) is 0 Å². The lowest BCUT2D eigenvalue weighted by Gasteiger charge is -2.29. The zero-order chi connectivity index (χ0) is 14.7. The van der Waals surface area contributed by atoms with Gasteiger partial charge in [-0.05, 0) is 31.9 Å². The first-order valence-corrected chi connectivity index (χ1v) is 6.72. The quantitative estimate of drug-likeness (QED) is 0.661. The molecule has 1 saturated carbocycles. The number of nitrogens with zero attached hydrogens (tertiary/aromatic N) is 2. The first kappa shape index (κ1) is 14.3. The summed E-state index contributed by atoms with van der Waals surface area (Å²) in [6.45, 7) is 1.61. The molecule has 1 aliphatic rings. The molecule has 2 rings (SSSR count). The van der Waals surface area contributed by atoms with E-state index < -0.39 is 10.9 Å². The van der Waals surface area contributed by atoms with Crippen molar-refractivity contribution in [2.45, 2.75) is 38.6 Å². The Labute approximate surface area is 117 Å². The Morgan fingerprint density at radius 1 is 1.45 bits per heavy atom. The molecule has 1 aliphatic carbocycles. The Kier molecular flexibility index (Phi) is 4.22. The standard InChI is InChI=1S/C14H18N2O4/c1-10-8-12(6-7-13(10)16(19)20)15(9-14(17)18)11-4-2-3-5-11/h6-8,11H,2-5,9H2,1H3,(H,17,18). The van der Waals surface area contributed by atoms with Gasteiger partial charge in [0.25, 0.3) is 5.69 Å². The van der Waals surface area contributed by atoms with E-state index in [1.165, 1.54) is 6.07 Å². The smallest absolute Gasteiger partial charge is 0.323 e. The summed E-state index contributed by atoms with van der Waals surface area (Å²) in [5.74, 6) is -0.882. The number of carbonyl (C=O) groups is 1. The monoisotopic (exact) mass is 278 g/mol. The Bertz CT molecular complexity index is 524. The van der Waals surface area contributed by atoms with Crippen LogP contribution in [0.2, 0.25) is 0 Å². The van der Waals surface area contributed by atoms with Gasteiger partial charge in [0, 0.05) is 23.4 Å². The summed E-state index contributed by atoms with van der Waals surface area (Å²) in [4.78, 5) is 23.3. The van der Waals surface area contributed by atoms with Crippen LogP contribution in [0.1, 0.15) is 31.2 Å². The fourth-order valence-corrected chi connectivity index (χ4v) is 2.82. The van der Waals surface area contributed by atoms with Crippen LogP contribution in [0.5, 0.6) is 0 Å². The van der Waals surface area contributed by atoms with Gasteiger partial charge in [-0.15, -0.1) is 0 Å². The molecule has 0 aliphatic heterocycles. The van der Waals surface area contributed by atoms with Crippen molar-refractivity contribution in [3.8, 4) is 0 Å². The number of nitro groups is 1. The fraction of sp³-hybridized carbons (Fsp3) is 0.500. The van der Waals surface area contributed by atoms with E-state index in [2.05, 4.69) is 0 Å². The number of hydrogen-bond acceptors (Lipinski definition) is 4. The van der Waals surface area contributed by atoms with Crippen molar-refractivity contribution in [1.82, 2.24) is 0 Å². The fourth-order valence-electron chi connectivity index (χ4n) is 2.82. The molecule has 6 heteroatoms. The minimum absolute atomic E-state index is 0.0652. The molecule has 1 aromatic rings. The second-order valence-corrected chi connectivity index (χ2v) is 5.19. The minimum Gasteiger partial charge on any atom is -0.480 e. The number of anilines is 1. The topological polar surface area (TPSA) is 83.7 Å². The third-order valence-corrected chi connectivity index (χ3v) is 3.78. The summed E-state index contributed by atoms with van der Waals surface area (Å²) >= 11 is 0. The maximum atomic E-state index is 11.0. The Hall–Kier alpha value is -2.11. The van der Waals surface area contributed by atoms with Crippen molar-refractivity contribution in [3.05, 3.63) is 33.9 Å². The lowest BCUT2D eigenvalue weighted by Crippen LogP contribution is -2.37. The lowest BCUT2D eigenvalue weighted by molar-refractivity contribution is -0.385. The predicted octanol–water partition coefficient (Wildman–Crippen LogP) is 2.74. The molecule has 0 radical (unpaired) electrons. The molecular weight excluding hydrogens is 260 g/mol. The van der Waals surface area contributed by atoms with Gasteiger partial charge in [0.05, 0.1) is 4.92 Å². The van der Waals surface area contributed by atoms with Crippen molar-refractivity contribution >= 4 is 17.3 Å². The molecule has 1 fully saturated rings. The van der Waals surface area contributed by atoms with Gasteiger partial charge in [-0.25, -0.2) is 0 Å². The highest BCUT2D eigenvalue weighted by Gasteiger charge is 2.25. The number of carboxylic acid groups (broad SMARTS) is 1. The summed E-state index contributed by atoms with van der Waals surface area (Å²) < 4.78 is 0. The number of nitro benzene ring substituents is 1. The third kappa shape index (κ3) is 3.07. The average Bonchev–Trinajstić information content (AvgIpc) is 2.88. The van der Waals surface area contributed by atoms with Crippen molar-refractivity contribution in [2.24, 2.45) is 0 Å². The summed E-state index contributed by atoms with van der Waals surface area (Å²) in [7, 11) is 0. The summed E-state index contributed by atoms with van der Waals surface area (Å²) in [5.41, 5.74) is 1.37. The number of carboxylic acids is 1. The number of hydrogen-bond donors (Lipinski definition) is 1. The second kappa shape index (κ2) is 5.90. The van der Waals surface area contributed by atoms with Gasteiger partial charge in [-0.3, -0.25) is 14.9 Å². The van der Waals surface area contributed by atoms with E-state index in [0.29, 0.717) is 5.56 Å². The molecule has 1 aromatic carbocycles. The molecule has 6 nitrogen and oxygen atoms in total. The van der Waals surface area contributed by atoms with E-state index in [-0.39, 0.29) is 18.3 Å². The molecule has 0 saturated heterocycles. The molecule has 0 atom stereocenters. The molecule has 1 N–H and O–H groups in total. The Balaban J connectivity index is 2.30. The lowest BCUT2D eigenvalue weighted by atomic mass is 10.1. The molecule has 0 bridgehead atoms. The highest BCUT2D eigenvalue weighted by atomic mass is 16.6. The first-order chi connectivity index (χ1) is 9.49. The predicted molar refractivity (Wildman–Crippen MR) is 75.1 cm³/mol. The Morgan fingerprint density at radius 2 is 2.10 bits per heavy atom. The van der Waals surface area contributed by atoms with E-state index >= 15 is 0 Å². The van der Waals surface area contributed by atoms with Gasteiger partial charge in [0.15, 0.2) is 0 Å². The van der Waals surface area contributed by atoms with Gasteiger partial charge >= 0.3 is 5.97 Å². The molecule has 0 heterocycles.